The van der Waals surface area contributed by atoms with Gasteiger partial charge in [0.25, 0.3) is 0 Å². The van der Waals surface area contributed by atoms with Crippen LogP contribution in [0.3, 0.4) is 0 Å². The third-order valence-electron chi connectivity index (χ3n) is 4.70. The topological polar surface area (TPSA) is 91.4 Å². The lowest BCUT2D eigenvalue weighted by atomic mass is 9.82. The maximum Gasteiger partial charge on any atom is 0.324 e. The molecule has 1 aliphatic carbocycles. The van der Waals surface area contributed by atoms with Gasteiger partial charge in [-0.25, -0.2) is 4.79 Å². The van der Waals surface area contributed by atoms with Gasteiger partial charge in [0, 0.05) is 37.9 Å². The van der Waals surface area contributed by atoms with Gasteiger partial charge in [0.2, 0.25) is 11.8 Å². The molecule has 1 aromatic heterocycles. The number of pyridine rings is 1. The fourth-order valence-corrected chi connectivity index (χ4v) is 3.35. The van der Waals surface area contributed by atoms with Gasteiger partial charge in [-0.05, 0) is 30.5 Å². The monoisotopic (exact) mass is 330 g/mol. The van der Waals surface area contributed by atoms with Gasteiger partial charge in [-0.1, -0.05) is 12.8 Å². The number of hydrogen-bond donors (Lipinski definition) is 2. The number of amides is 4. The quantitative estimate of drug-likeness (QED) is 0.848. The smallest absolute Gasteiger partial charge is 0.324 e. The second kappa shape index (κ2) is 7.42. The van der Waals surface area contributed by atoms with Crippen LogP contribution in [0, 0.1) is 5.92 Å². The minimum Gasteiger partial charge on any atom is -0.352 e. The third kappa shape index (κ3) is 3.72. The molecule has 0 spiro atoms. The maximum atomic E-state index is 12.5. The van der Waals surface area contributed by atoms with Gasteiger partial charge >= 0.3 is 6.03 Å². The van der Waals surface area contributed by atoms with Crippen molar-refractivity contribution in [1.29, 1.82) is 0 Å². The molecule has 3 rings (SSSR count). The third-order valence-corrected chi connectivity index (χ3v) is 4.70. The fraction of sp³-hybridized carbons (Fsp3) is 0.529. The Labute approximate surface area is 140 Å². The zero-order valence-corrected chi connectivity index (χ0v) is 13.5. The minimum atomic E-state index is -0.370. The minimum absolute atomic E-state index is 0.0319. The number of imide groups is 1. The molecule has 4 amide bonds. The predicted octanol–water partition coefficient (Wildman–Crippen LogP) is 1.20. The van der Waals surface area contributed by atoms with E-state index in [1.165, 1.54) is 4.90 Å². The predicted molar refractivity (Wildman–Crippen MR) is 86.7 cm³/mol. The molecule has 2 fully saturated rings. The normalized spacial score (nSPS) is 23.4. The van der Waals surface area contributed by atoms with Crippen LogP contribution in [0.5, 0.6) is 0 Å². The Morgan fingerprint density at radius 2 is 2.00 bits per heavy atom. The van der Waals surface area contributed by atoms with E-state index in [2.05, 4.69) is 15.6 Å². The Kier molecular flexibility index (Phi) is 5.08. The van der Waals surface area contributed by atoms with E-state index in [-0.39, 0.29) is 42.8 Å². The van der Waals surface area contributed by atoms with Gasteiger partial charge < -0.3 is 10.6 Å². The summed E-state index contributed by atoms with van der Waals surface area (Å²) in [6.07, 6.45) is 7.19. The van der Waals surface area contributed by atoms with Gasteiger partial charge in [0.05, 0.1) is 5.92 Å². The van der Waals surface area contributed by atoms with Crippen LogP contribution in [0.15, 0.2) is 24.5 Å². The first kappa shape index (κ1) is 16.4. The summed E-state index contributed by atoms with van der Waals surface area (Å²) in [4.78, 5) is 41.7. The molecule has 128 valence electrons. The molecule has 1 aliphatic heterocycles. The molecule has 24 heavy (non-hydrogen) atoms. The summed E-state index contributed by atoms with van der Waals surface area (Å²) in [6.45, 7) is 0.530. The average molecular weight is 330 g/mol. The maximum absolute atomic E-state index is 12.5. The molecule has 2 unspecified atom stereocenters. The lowest BCUT2D eigenvalue weighted by molar-refractivity contribution is -0.136. The zero-order valence-electron chi connectivity index (χ0n) is 13.5. The van der Waals surface area contributed by atoms with Crippen LogP contribution in [0.1, 0.15) is 37.7 Å². The second-order valence-electron chi connectivity index (χ2n) is 6.32. The van der Waals surface area contributed by atoms with Crippen molar-refractivity contribution in [2.75, 3.05) is 6.54 Å². The number of carbonyl (C=O) groups excluding carboxylic acids is 3. The number of carbonyl (C=O) groups is 3. The lowest BCUT2D eigenvalue weighted by Gasteiger charge is -2.39. The van der Waals surface area contributed by atoms with Crippen LogP contribution < -0.4 is 10.6 Å². The van der Waals surface area contributed by atoms with Crippen molar-refractivity contribution in [2.24, 2.45) is 5.92 Å². The highest BCUT2D eigenvalue weighted by molar-refractivity contribution is 5.99. The zero-order chi connectivity index (χ0) is 16.9. The summed E-state index contributed by atoms with van der Waals surface area (Å²) in [7, 11) is 0. The van der Waals surface area contributed by atoms with E-state index in [4.69, 9.17) is 0 Å². The highest BCUT2D eigenvalue weighted by Crippen LogP contribution is 2.29. The number of hydrogen-bond acceptors (Lipinski definition) is 4. The van der Waals surface area contributed by atoms with Gasteiger partial charge in [-0.2, -0.15) is 0 Å². The van der Waals surface area contributed by atoms with E-state index in [0.29, 0.717) is 6.54 Å². The van der Waals surface area contributed by atoms with E-state index in [1.54, 1.807) is 12.4 Å². The SMILES string of the molecule is O=C(CCN1C(=O)NC2CCCCC2C1=O)NCc1ccncc1. The number of nitrogens with one attached hydrogen (secondary N) is 2. The van der Waals surface area contributed by atoms with Crippen molar-refractivity contribution in [3.8, 4) is 0 Å². The van der Waals surface area contributed by atoms with Crippen molar-refractivity contribution < 1.29 is 14.4 Å². The van der Waals surface area contributed by atoms with E-state index < -0.39 is 0 Å². The van der Waals surface area contributed by atoms with Gasteiger partial charge in [0.15, 0.2) is 0 Å². The average Bonchev–Trinajstić information content (AvgIpc) is 2.60. The van der Waals surface area contributed by atoms with Crippen molar-refractivity contribution in [3.63, 3.8) is 0 Å². The molecule has 1 aromatic rings. The molecule has 7 heteroatoms. The van der Waals surface area contributed by atoms with Crippen LogP contribution >= 0.6 is 0 Å². The number of fused-ring (bicyclic) bond motifs is 1. The summed E-state index contributed by atoms with van der Waals surface area (Å²) in [6, 6.07) is 3.25. The molecule has 2 N–H and O–H groups in total. The second-order valence-corrected chi connectivity index (χ2v) is 6.32. The largest absolute Gasteiger partial charge is 0.352 e. The van der Waals surface area contributed by atoms with Crippen LogP contribution in [0.25, 0.3) is 0 Å². The molecule has 7 nitrogen and oxygen atoms in total. The molecule has 1 saturated heterocycles. The molecular weight excluding hydrogens is 308 g/mol. The van der Waals surface area contributed by atoms with E-state index in [0.717, 1.165) is 31.2 Å². The van der Waals surface area contributed by atoms with Crippen molar-refractivity contribution in [1.82, 2.24) is 20.5 Å². The van der Waals surface area contributed by atoms with Crippen LogP contribution in [0.2, 0.25) is 0 Å². The first-order valence-corrected chi connectivity index (χ1v) is 8.42. The summed E-state index contributed by atoms with van der Waals surface area (Å²) < 4.78 is 0. The molecule has 0 aromatic carbocycles. The Morgan fingerprint density at radius 3 is 2.79 bits per heavy atom. The standard InChI is InChI=1S/C17H22N4O3/c22-15(19-11-12-5-8-18-9-6-12)7-10-21-16(23)13-3-1-2-4-14(13)20-17(21)24/h5-6,8-9,13-14H,1-4,7,10-11H2,(H,19,22)(H,20,24). The summed E-state index contributed by atoms with van der Waals surface area (Å²) in [5.41, 5.74) is 0.954. The fourth-order valence-electron chi connectivity index (χ4n) is 3.35. The first-order chi connectivity index (χ1) is 11.6. The Bertz CT molecular complexity index is 620. The van der Waals surface area contributed by atoms with Crippen molar-refractivity contribution in [3.05, 3.63) is 30.1 Å². The van der Waals surface area contributed by atoms with E-state index in [9.17, 15) is 14.4 Å². The highest BCUT2D eigenvalue weighted by Gasteiger charge is 2.41. The number of aromatic nitrogens is 1. The van der Waals surface area contributed by atoms with Crippen LogP contribution in [-0.2, 0) is 16.1 Å². The lowest BCUT2D eigenvalue weighted by Crippen LogP contribution is -2.61. The molecule has 2 heterocycles. The van der Waals surface area contributed by atoms with E-state index in [1.807, 2.05) is 12.1 Å². The summed E-state index contributed by atoms with van der Waals surface area (Å²) in [5.74, 6) is -0.445. The Balaban J connectivity index is 1.49. The molecule has 1 saturated carbocycles. The molecular formula is C17H22N4O3. The molecule has 2 aliphatic rings. The molecule has 0 bridgehead atoms. The summed E-state index contributed by atoms with van der Waals surface area (Å²) in [5, 5.41) is 5.70. The highest BCUT2D eigenvalue weighted by atomic mass is 16.2. The Morgan fingerprint density at radius 1 is 1.25 bits per heavy atom. The van der Waals surface area contributed by atoms with Gasteiger partial charge in [-0.15, -0.1) is 0 Å². The molecule has 2 atom stereocenters. The van der Waals surface area contributed by atoms with Crippen LogP contribution in [0.4, 0.5) is 4.79 Å². The number of urea groups is 1. The van der Waals surface area contributed by atoms with Gasteiger partial charge in [-0.3, -0.25) is 19.5 Å². The molecule has 0 radical (unpaired) electrons. The summed E-state index contributed by atoms with van der Waals surface area (Å²) >= 11 is 0. The van der Waals surface area contributed by atoms with Gasteiger partial charge in [0.1, 0.15) is 0 Å². The van der Waals surface area contributed by atoms with Crippen LogP contribution in [-0.4, -0.2) is 40.3 Å². The first-order valence-electron chi connectivity index (χ1n) is 8.42. The Hall–Kier alpha value is -2.44. The van der Waals surface area contributed by atoms with Crippen molar-refractivity contribution >= 4 is 17.8 Å². The number of nitrogens with zero attached hydrogens (tertiary/aromatic N) is 2. The van der Waals surface area contributed by atoms with Crippen molar-refractivity contribution in [2.45, 2.75) is 44.7 Å². The number of rotatable bonds is 5. The van der Waals surface area contributed by atoms with E-state index >= 15 is 0 Å².